The molecule has 0 aliphatic heterocycles. The molecular weight excluding hydrogens is 379 g/mol. The van der Waals surface area contributed by atoms with Gasteiger partial charge >= 0.3 is 0 Å². The Morgan fingerprint density at radius 2 is 1.95 bits per heavy atom. The summed E-state index contributed by atoms with van der Waals surface area (Å²) in [5.74, 6) is 5.32. The van der Waals surface area contributed by atoms with Crippen LogP contribution in [0.15, 0.2) is 40.9 Å². The summed E-state index contributed by atoms with van der Waals surface area (Å²) in [6.07, 6.45) is 0. The van der Waals surface area contributed by atoms with Crippen molar-refractivity contribution in [2.24, 2.45) is 5.84 Å². The lowest BCUT2D eigenvalue weighted by molar-refractivity contribution is 0.0953. The Morgan fingerprint density at radius 1 is 1.19 bits per heavy atom. The highest BCUT2D eigenvalue weighted by atomic mass is 79.9. The van der Waals surface area contributed by atoms with Gasteiger partial charge in [-0.05, 0) is 51.8 Å². The maximum Gasteiger partial charge on any atom is 0.265 e. The molecule has 0 aromatic heterocycles. The van der Waals surface area contributed by atoms with Gasteiger partial charge in [-0.25, -0.2) is 5.84 Å². The van der Waals surface area contributed by atoms with E-state index in [1.165, 1.54) is 0 Å². The minimum absolute atomic E-state index is 0.331. The van der Waals surface area contributed by atoms with Crippen LogP contribution in [0.4, 0.5) is 0 Å². The molecule has 2 rings (SSSR count). The quantitative estimate of drug-likeness (QED) is 0.473. The lowest BCUT2D eigenvalue weighted by atomic mass is 10.2. The van der Waals surface area contributed by atoms with E-state index in [0.29, 0.717) is 32.4 Å². The van der Waals surface area contributed by atoms with Crippen LogP contribution in [-0.4, -0.2) is 5.91 Å². The molecule has 110 valence electrons. The normalized spacial score (nSPS) is 10.3. The van der Waals surface area contributed by atoms with Gasteiger partial charge in [-0.2, -0.15) is 0 Å². The van der Waals surface area contributed by atoms with Crippen molar-refractivity contribution in [3.63, 3.8) is 0 Å². The average Bonchev–Trinajstić information content (AvgIpc) is 2.48. The maximum atomic E-state index is 11.4. The largest absolute Gasteiger partial charge is 0.488 e. The highest BCUT2D eigenvalue weighted by molar-refractivity contribution is 9.10. The van der Waals surface area contributed by atoms with E-state index in [1.54, 1.807) is 30.3 Å². The van der Waals surface area contributed by atoms with Crippen LogP contribution in [0, 0.1) is 0 Å². The number of halogens is 3. The number of carbonyl (C=O) groups excluding carboxylic acids is 1. The fourth-order valence-electron chi connectivity index (χ4n) is 1.63. The molecule has 0 heterocycles. The van der Waals surface area contributed by atoms with Crippen molar-refractivity contribution in [3.05, 3.63) is 62.0 Å². The van der Waals surface area contributed by atoms with Gasteiger partial charge in [0.2, 0.25) is 0 Å². The van der Waals surface area contributed by atoms with Gasteiger partial charge in [0.05, 0.1) is 14.5 Å². The monoisotopic (exact) mass is 388 g/mol. The van der Waals surface area contributed by atoms with Gasteiger partial charge in [-0.3, -0.25) is 10.2 Å². The molecule has 0 aliphatic rings. The van der Waals surface area contributed by atoms with Crippen LogP contribution in [0.1, 0.15) is 15.9 Å². The number of rotatable bonds is 4. The molecule has 0 saturated carbocycles. The number of benzene rings is 2. The topological polar surface area (TPSA) is 64.3 Å². The number of hydrogen-bond acceptors (Lipinski definition) is 3. The van der Waals surface area contributed by atoms with Crippen molar-refractivity contribution >= 4 is 45.0 Å². The first kappa shape index (κ1) is 16.1. The second-order valence-electron chi connectivity index (χ2n) is 4.16. The second kappa shape index (κ2) is 7.13. The summed E-state index contributed by atoms with van der Waals surface area (Å²) in [4.78, 5) is 11.4. The molecule has 0 aliphatic carbocycles. The molecule has 0 bridgehead atoms. The summed E-state index contributed by atoms with van der Waals surface area (Å²) >= 11 is 15.2. The van der Waals surface area contributed by atoms with Gasteiger partial charge in [0.25, 0.3) is 5.91 Å². The lowest BCUT2D eigenvalue weighted by Gasteiger charge is -2.10. The van der Waals surface area contributed by atoms with Gasteiger partial charge in [-0.1, -0.05) is 29.3 Å². The molecule has 0 atom stereocenters. The molecule has 4 nitrogen and oxygen atoms in total. The van der Waals surface area contributed by atoms with Crippen LogP contribution in [0.3, 0.4) is 0 Å². The summed E-state index contributed by atoms with van der Waals surface area (Å²) in [5.41, 5.74) is 3.39. The molecule has 21 heavy (non-hydrogen) atoms. The number of hydrogen-bond donors (Lipinski definition) is 2. The first-order valence-electron chi connectivity index (χ1n) is 5.88. The van der Waals surface area contributed by atoms with Gasteiger partial charge < -0.3 is 4.74 Å². The van der Waals surface area contributed by atoms with Crippen LogP contribution < -0.4 is 16.0 Å². The Hall–Kier alpha value is -1.27. The average molecular weight is 390 g/mol. The van der Waals surface area contributed by atoms with Crippen molar-refractivity contribution in [1.29, 1.82) is 0 Å². The Bertz CT molecular complexity index is 680. The molecule has 7 heteroatoms. The van der Waals surface area contributed by atoms with Crippen LogP contribution in [0.25, 0.3) is 0 Å². The zero-order valence-corrected chi connectivity index (χ0v) is 13.8. The fourth-order valence-corrected chi connectivity index (χ4v) is 2.45. The number of amides is 1. The van der Waals surface area contributed by atoms with E-state index in [9.17, 15) is 4.79 Å². The van der Waals surface area contributed by atoms with Gasteiger partial charge in [0.15, 0.2) is 0 Å². The lowest BCUT2D eigenvalue weighted by Crippen LogP contribution is -2.29. The number of ether oxygens (including phenoxy) is 1. The van der Waals surface area contributed by atoms with E-state index in [0.717, 1.165) is 5.56 Å². The van der Waals surface area contributed by atoms with E-state index >= 15 is 0 Å². The molecular formula is C14H11BrCl2N2O2. The highest BCUT2D eigenvalue weighted by Crippen LogP contribution is 2.28. The Balaban J connectivity index is 2.09. The standard InChI is InChI=1S/C14H11BrCl2N2O2/c15-10-6-9(14(20)19-18)2-4-13(10)21-7-8-1-3-11(16)12(17)5-8/h1-6H,7,18H2,(H,19,20). The number of nitrogens with one attached hydrogen (secondary N) is 1. The first-order valence-corrected chi connectivity index (χ1v) is 7.43. The van der Waals surface area contributed by atoms with Gasteiger partial charge in [-0.15, -0.1) is 0 Å². The molecule has 2 aromatic carbocycles. The molecule has 1 amide bonds. The number of nitrogens with two attached hydrogens (primary N) is 1. The van der Waals surface area contributed by atoms with Crippen LogP contribution in [-0.2, 0) is 6.61 Å². The first-order chi connectivity index (χ1) is 10.0. The van der Waals surface area contributed by atoms with Crippen molar-refractivity contribution < 1.29 is 9.53 Å². The fraction of sp³-hybridized carbons (Fsp3) is 0.0714. The summed E-state index contributed by atoms with van der Waals surface area (Å²) in [6.45, 7) is 0.331. The number of carbonyl (C=O) groups is 1. The summed E-state index contributed by atoms with van der Waals surface area (Å²) in [6, 6.07) is 10.2. The molecule has 2 aromatic rings. The SMILES string of the molecule is NNC(=O)c1ccc(OCc2ccc(Cl)c(Cl)c2)c(Br)c1. The highest BCUT2D eigenvalue weighted by Gasteiger charge is 2.08. The van der Waals surface area contributed by atoms with Crippen molar-refractivity contribution in [3.8, 4) is 5.75 Å². The number of nitrogen functional groups attached to an aromatic ring is 1. The minimum Gasteiger partial charge on any atom is -0.488 e. The van der Waals surface area contributed by atoms with Crippen molar-refractivity contribution in [2.75, 3.05) is 0 Å². The zero-order chi connectivity index (χ0) is 15.4. The smallest absolute Gasteiger partial charge is 0.265 e. The summed E-state index contributed by atoms with van der Waals surface area (Å²) in [7, 11) is 0. The Labute approximate surface area is 140 Å². The molecule has 0 fully saturated rings. The third-order valence-corrected chi connectivity index (χ3v) is 4.06. The molecule has 0 spiro atoms. The molecule has 0 unspecified atom stereocenters. The third-order valence-electron chi connectivity index (χ3n) is 2.70. The van der Waals surface area contributed by atoms with Crippen molar-refractivity contribution in [1.82, 2.24) is 5.43 Å². The summed E-state index contributed by atoms with van der Waals surface area (Å²) in [5, 5.41) is 0.977. The van der Waals surface area contributed by atoms with Crippen LogP contribution in [0.5, 0.6) is 5.75 Å². The molecule has 0 saturated heterocycles. The zero-order valence-electron chi connectivity index (χ0n) is 10.7. The van der Waals surface area contributed by atoms with E-state index in [-0.39, 0.29) is 5.91 Å². The van der Waals surface area contributed by atoms with E-state index in [1.807, 2.05) is 6.07 Å². The van der Waals surface area contributed by atoms with E-state index in [4.69, 9.17) is 33.8 Å². The van der Waals surface area contributed by atoms with E-state index in [2.05, 4.69) is 21.4 Å². The van der Waals surface area contributed by atoms with Crippen LogP contribution >= 0.6 is 39.1 Å². The minimum atomic E-state index is -0.369. The van der Waals surface area contributed by atoms with Gasteiger partial charge in [0, 0.05) is 5.56 Å². The Morgan fingerprint density at radius 3 is 2.57 bits per heavy atom. The predicted molar refractivity (Wildman–Crippen MR) is 86.6 cm³/mol. The molecule has 3 N–H and O–H groups in total. The predicted octanol–water partition coefficient (Wildman–Crippen LogP) is 3.94. The second-order valence-corrected chi connectivity index (χ2v) is 5.82. The molecule has 0 radical (unpaired) electrons. The summed E-state index contributed by atoms with van der Waals surface area (Å²) < 4.78 is 6.33. The number of hydrazine groups is 1. The maximum absolute atomic E-state index is 11.4. The van der Waals surface area contributed by atoms with E-state index < -0.39 is 0 Å². The van der Waals surface area contributed by atoms with Crippen molar-refractivity contribution in [2.45, 2.75) is 6.61 Å². The third kappa shape index (κ3) is 4.11. The Kier molecular flexibility index (Phi) is 5.47. The van der Waals surface area contributed by atoms with Crippen LogP contribution in [0.2, 0.25) is 10.0 Å². The van der Waals surface area contributed by atoms with Gasteiger partial charge in [0.1, 0.15) is 12.4 Å².